The maximum atomic E-state index is 13.7. The Morgan fingerprint density at radius 1 is 1.15 bits per heavy atom. The van der Waals surface area contributed by atoms with E-state index in [2.05, 4.69) is 20.4 Å². The summed E-state index contributed by atoms with van der Waals surface area (Å²) in [4.78, 5) is 32.5. The van der Waals surface area contributed by atoms with Crippen molar-refractivity contribution in [2.45, 2.75) is 33.5 Å². The highest BCUT2D eigenvalue weighted by atomic mass is 19.4. The van der Waals surface area contributed by atoms with Crippen LogP contribution in [-0.4, -0.2) is 31.4 Å². The number of rotatable bonds is 5. The first kappa shape index (κ1) is 23.1. The van der Waals surface area contributed by atoms with Crippen LogP contribution in [0.1, 0.15) is 50.7 Å². The summed E-state index contributed by atoms with van der Waals surface area (Å²) in [5, 5.41) is 6.17. The topological polar surface area (TPSA) is 103 Å². The molecule has 4 rings (SSSR count). The molecule has 0 aliphatic heterocycles. The molecule has 34 heavy (non-hydrogen) atoms. The average Bonchev–Trinajstić information content (AvgIpc) is 3.33. The molecule has 0 aliphatic carbocycles. The Morgan fingerprint density at radius 3 is 2.53 bits per heavy atom. The number of anilines is 1. The summed E-state index contributed by atoms with van der Waals surface area (Å²) < 4.78 is 60.9. The molecule has 0 radical (unpaired) electrons. The summed E-state index contributed by atoms with van der Waals surface area (Å²) in [6, 6.07) is 5.00. The van der Waals surface area contributed by atoms with Crippen molar-refractivity contribution in [3.05, 3.63) is 70.6 Å². The number of alkyl halides is 3. The van der Waals surface area contributed by atoms with Crippen molar-refractivity contribution in [2.24, 2.45) is 0 Å². The third kappa shape index (κ3) is 4.38. The van der Waals surface area contributed by atoms with E-state index in [1.54, 1.807) is 6.92 Å². The van der Waals surface area contributed by atoms with Crippen molar-refractivity contribution in [3.8, 4) is 0 Å². The molecule has 4 aromatic rings. The Morgan fingerprint density at radius 2 is 1.88 bits per heavy atom. The van der Waals surface area contributed by atoms with Crippen molar-refractivity contribution in [1.29, 1.82) is 0 Å². The molecule has 1 amide bonds. The van der Waals surface area contributed by atoms with Crippen molar-refractivity contribution >= 4 is 28.3 Å². The Bertz CT molecular complexity index is 1430. The van der Waals surface area contributed by atoms with Gasteiger partial charge in [-0.1, -0.05) is 0 Å². The molecule has 8 nitrogen and oxygen atoms in total. The normalized spacial score (nSPS) is 11.7. The van der Waals surface area contributed by atoms with Gasteiger partial charge in [0, 0.05) is 24.1 Å². The summed E-state index contributed by atoms with van der Waals surface area (Å²) in [5.74, 6) is -1.80. The van der Waals surface area contributed by atoms with Gasteiger partial charge in [-0.15, -0.1) is 0 Å². The molecule has 12 heteroatoms. The van der Waals surface area contributed by atoms with Gasteiger partial charge in [0.1, 0.15) is 24.3 Å². The van der Waals surface area contributed by atoms with Crippen LogP contribution in [0, 0.1) is 19.7 Å². The quantitative estimate of drug-likeness (QED) is 0.332. The Balaban J connectivity index is 1.73. The van der Waals surface area contributed by atoms with Crippen LogP contribution in [-0.2, 0) is 12.7 Å². The zero-order valence-electron chi connectivity index (χ0n) is 18.1. The highest BCUT2D eigenvalue weighted by Gasteiger charge is 2.39. The van der Waals surface area contributed by atoms with E-state index in [0.29, 0.717) is 5.69 Å². The maximum Gasteiger partial charge on any atom is 0.437 e. The Labute approximate surface area is 189 Å². The van der Waals surface area contributed by atoms with E-state index in [1.807, 2.05) is 0 Å². The lowest BCUT2D eigenvalue weighted by Gasteiger charge is -2.11. The minimum absolute atomic E-state index is 0.00984. The monoisotopic (exact) mass is 475 g/mol. The van der Waals surface area contributed by atoms with Crippen LogP contribution in [0.4, 0.5) is 23.2 Å². The molecule has 0 saturated heterocycles. The summed E-state index contributed by atoms with van der Waals surface area (Å²) in [6.45, 7) is 3.90. The number of carbonyl (C=O) groups excluding carboxylic acids is 2. The minimum atomic E-state index is -4.88. The number of fused-ring (bicyclic) bond motifs is 1. The van der Waals surface area contributed by atoms with Crippen LogP contribution in [0.25, 0.3) is 10.9 Å². The number of halogens is 4. The van der Waals surface area contributed by atoms with Crippen LogP contribution in [0.2, 0.25) is 0 Å². The predicted octanol–water partition coefficient (Wildman–Crippen LogP) is 4.70. The molecule has 0 bridgehead atoms. The third-order valence-electron chi connectivity index (χ3n) is 5.06. The van der Waals surface area contributed by atoms with E-state index in [0.717, 1.165) is 23.1 Å². The largest absolute Gasteiger partial charge is 0.446 e. The molecular weight excluding hydrogens is 458 g/mol. The molecule has 0 spiro atoms. The van der Waals surface area contributed by atoms with Crippen molar-refractivity contribution in [2.75, 3.05) is 5.32 Å². The zero-order chi connectivity index (χ0) is 24.8. The number of oxazole rings is 1. The summed E-state index contributed by atoms with van der Waals surface area (Å²) in [6.07, 6.45) is -3.78. The van der Waals surface area contributed by atoms with Crippen molar-refractivity contribution < 1.29 is 31.6 Å². The molecule has 0 fully saturated rings. The van der Waals surface area contributed by atoms with Gasteiger partial charge in [-0.25, -0.2) is 9.37 Å². The molecule has 0 atom stereocenters. The lowest BCUT2D eigenvalue weighted by molar-refractivity contribution is -0.140. The maximum absolute atomic E-state index is 13.7. The fraction of sp³-hybridized carbons (Fsp3) is 0.227. The zero-order valence-corrected chi connectivity index (χ0v) is 18.1. The Kier molecular flexibility index (Phi) is 5.67. The van der Waals surface area contributed by atoms with E-state index in [9.17, 15) is 27.2 Å². The number of ketones is 1. The molecule has 1 N–H and O–H groups in total. The van der Waals surface area contributed by atoms with Gasteiger partial charge in [-0.2, -0.15) is 18.3 Å². The first-order valence-electron chi connectivity index (χ1n) is 9.92. The third-order valence-corrected chi connectivity index (χ3v) is 5.06. The molecule has 0 unspecified atom stereocenters. The fourth-order valence-corrected chi connectivity index (χ4v) is 3.42. The molecule has 3 heterocycles. The molecule has 0 saturated carbocycles. The first-order valence-corrected chi connectivity index (χ1v) is 9.92. The van der Waals surface area contributed by atoms with Crippen LogP contribution < -0.4 is 5.32 Å². The van der Waals surface area contributed by atoms with E-state index < -0.39 is 29.3 Å². The van der Waals surface area contributed by atoms with Gasteiger partial charge in [0.25, 0.3) is 5.91 Å². The van der Waals surface area contributed by atoms with Crippen LogP contribution in [0.3, 0.4) is 0 Å². The highest BCUT2D eigenvalue weighted by molar-refractivity contribution is 6.12. The molecule has 1 aromatic carbocycles. The molecule has 3 aromatic heterocycles. The van der Waals surface area contributed by atoms with Crippen molar-refractivity contribution in [3.63, 3.8) is 0 Å². The van der Waals surface area contributed by atoms with Crippen LogP contribution >= 0.6 is 0 Å². The molecule has 0 aliphatic rings. The number of aromatic nitrogens is 4. The minimum Gasteiger partial charge on any atom is -0.446 e. The van der Waals surface area contributed by atoms with E-state index in [4.69, 9.17) is 4.42 Å². The van der Waals surface area contributed by atoms with Gasteiger partial charge in [0.15, 0.2) is 11.5 Å². The van der Waals surface area contributed by atoms with E-state index >= 15 is 0 Å². The second kappa shape index (κ2) is 8.36. The number of benzene rings is 1. The Hall–Kier alpha value is -4.09. The lowest BCUT2D eigenvalue weighted by atomic mass is 10.1. The van der Waals surface area contributed by atoms with E-state index in [1.165, 1.54) is 26.0 Å². The predicted molar refractivity (Wildman–Crippen MR) is 112 cm³/mol. The van der Waals surface area contributed by atoms with Gasteiger partial charge < -0.3 is 9.73 Å². The number of nitrogens with one attached hydrogen (secondary N) is 1. The van der Waals surface area contributed by atoms with Gasteiger partial charge in [0.05, 0.1) is 22.5 Å². The van der Waals surface area contributed by atoms with Gasteiger partial charge in [-0.3, -0.25) is 19.3 Å². The summed E-state index contributed by atoms with van der Waals surface area (Å²) in [7, 11) is 0. The second-order valence-electron chi connectivity index (χ2n) is 7.57. The van der Waals surface area contributed by atoms with Crippen LogP contribution in [0.5, 0.6) is 0 Å². The van der Waals surface area contributed by atoms with Gasteiger partial charge in [-0.05, 0) is 32.0 Å². The average molecular weight is 475 g/mol. The van der Waals surface area contributed by atoms with Crippen LogP contribution in [0.15, 0.2) is 34.9 Å². The smallest absolute Gasteiger partial charge is 0.437 e. The number of carbonyl (C=O) groups is 2. The number of amides is 1. The lowest BCUT2D eigenvalue weighted by Crippen LogP contribution is -2.17. The summed E-state index contributed by atoms with van der Waals surface area (Å²) >= 11 is 0. The number of pyridine rings is 1. The van der Waals surface area contributed by atoms with Gasteiger partial charge >= 0.3 is 6.18 Å². The first-order chi connectivity index (χ1) is 15.9. The molecule has 176 valence electrons. The van der Waals surface area contributed by atoms with E-state index in [-0.39, 0.29) is 46.1 Å². The number of hydrogen-bond acceptors (Lipinski definition) is 6. The number of aryl methyl sites for hydroxylation is 1. The number of hydrogen-bond donors (Lipinski definition) is 1. The van der Waals surface area contributed by atoms with Gasteiger partial charge in [0.2, 0.25) is 5.89 Å². The standard InChI is InChI=1S/C22H17F4N5O3/c1-10-6-15(14-5-4-13(23)7-16(14)27-10)21(33)29-19-11(2)31(30-20(19)22(24,25)26)8-18-28-17(9-34-18)12(3)32/h4-7,9H,8H2,1-3H3,(H,29,33). The number of Topliss-reactive ketones (excluding diaryl/α,β-unsaturated/α-hetero) is 1. The van der Waals surface area contributed by atoms with Crippen molar-refractivity contribution in [1.82, 2.24) is 19.7 Å². The SMILES string of the molecule is CC(=O)c1coc(Cn2nc(C(F)(F)F)c(NC(=O)c3cc(C)nc4cc(F)ccc34)c2C)n1. The fourth-order valence-electron chi connectivity index (χ4n) is 3.42. The number of nitrogens with zero attached hydrogens (tertiary/aromatic N) is 4. The summed E-state index contributed by atoms with van der Waals surface area (Å²) in [5.41, 5.74) is -1.22. The molecular formula is C22H17F4N5O3. The second-order valence-corrected chi connectivity index (χ2v) is 7.57. The highest BCUT2D eigenvalue weighted by Crippen LogP contribution is 2.36.